The molecule has 0 unspecified atom stereocenters. The number of para-hydroxylation sites is 2. The van der Waals surface area contributed by atoms with Crippen molar-refractivity contribution in [3.05, 3.63) is 65.1 Å². The summed E-state index contributed by atoms with van der Waals surface area (Å²) in [5, 5.41) is 4.52. The summed E-state index contributed by atoms with van der Waals surface area (Å²) in [5.41, 5.74) is 3.45. The molecule has 0 atom stereocenters. The van der Waals surface area contributed by atoms with E-state index in [0.717, 1.165) is 40.6 Å². The highest BCUT2D eigenvalue weighted by Gasteiger charge is 2.09. The number of H-pyrrole nitrogens is 2. The molecule has 2 aromatic carbocycles. The van der Waals surface area contributed by atoms with E-state index < -0.39 is 0 Å². The van der Waals surface area contributed by atoms with E-state index in [2.05, 4.69) is 20.3 Å². The lowest BCUT2D eigenvalue weighted by Gasteiger charge is -2.02. The number of hydrogen-bond donors (Lipinski definition) is 3. The van der Waals surface area contributed by atoms with Gasteiger partial charge in [-0.15, -0.1) is 0 Å². The molecule has 0 radical (unpaired) electrons. The van der Waals surface area contributed by atoms with E-state index in [-0.39, 0.29) is 5.91 Å². The van der Waals surface area contributed by atoms with Crippen LogP contribution in [0.5, 0.6) is 0 Å². The van der Waals surface area contributed by atoms with Gasteiger partial charge in [-0.1, -0.05) is 23.7 Å². The van der Waals surface area contributed by atoms with Gasteiger partial charge >= 0.3 is 0 Å². The van der Waals surface area contributed by atoms with Gasteiger partial charge in [0.05, 0.1) is 11.0 Å². The third-order valence-corrected chi connectivity index (χ3v) is 4.38. The summed E-state index contributed by atoms with van der Waals surface area (Å²) in [6.07, 6.45) is 1.61. The van der Waals surface area contributed by atoms with E-state index in [1.165, 1.54) is 0 Å². The number of rotatable bonds is 5. The van der Waals surface area contributed by atoms with Crippen LogP contribution in [0.2, 0.25) is 5.02 Å². The third-order valence-electron chi connectivity index (χ3n) is 4.14. The molecule has 0 aliphatic rings. The van der Waals surface area contributed by atoms with Gasteiger partial charge in [-0.25, -0.2) is 4.98 Å². The molecule has 25 heavy (non-hydrogen) atoms. The number of carbonyl (C=O) groups excluding carboxylic acids is 1. The zero-order valence-corrected chi connectivity index (χ0v) is 14.2. The predicted molar refractivity (Wildman–Crippen MR) is 100 cm³/mol. The van der Waals surface area contributed by atoms with E-state index in [1.807, 2.05) is 42.5 Å². The Morgan fingerprint density at radius 3 is 2.84 bits per heavy atom. The van der Waals surface area contributed by atoms with E-state index >= 15 is 0 Å². The normalized spacial score (nSPS) is 11.2. The first kappa shape index (κ1) is 15.7. The number of nitrogens with zero attached hydrogens (tertiary/aromatic N) is 1. The summed E-state index contributed by atoms with van der Waals surface area (Å²) in [6.45, 7) is 0.589. The number of imidazole rings is 1. The summed E-state index contributed by atoms with van der Waals surface area (Å²) in [6, 6.07) is 15.3. The average molecular weight is 353 g/mol. The molecule has 4 aromatic rings. The fraction of sp³-hybridized carbons (Fsp3) is 0.158. The Kier molecular flexibility index (Phi) is 4.15. The fourth-order valence-electron chi connectivity index (χ4n) is 2.90. The number of fused-ring (bicyclic) bond motifs is 2. The van der Waals surface area contributed by atoms with Crippen LogP contribution in [0.25, 0.3) is 21.9 Å². The van der Waals surface area contributed by atoms with Crippen LogP contribution in [0, 0.1) is 0 Å². The van der Waals surface area contributed by atoms with Crippen LogP contribution in [0.3, 0.4) is 0 Å². The van der Waals surface area contributed by atoms with Crippen molar-refractivity contribution >= 4 is 39.4 Å². The first-order chi connectivity index (χ1) is 12.2. The summed E-state index contributed by atoms with van der Waals surface area (Å²) >= 11 is 5.97. The molecule has 2 heterocycles. The van der Waals surface area contributed by atoms with Crippen molar-refractivity contribution in [2.45, 2.75) is 12.8 Å². The van der Waals surface area contributed by atoms with E-state index in [1.54, 1.807) is 6.07 Å². The molecule has 126 valence electrons. The van der Waals surface area contributed by atoms with Gasteiger partial charge in [-0.05, 0) is 42.8 Å². The summed E-state index contributed by atoms with van der Waals surface area (Å²) < 4.78 is 0. The van der Waals surface area contributed by atoms with Gasteiger partial charge in [-0.3, -0.25) is 4.79 Å². The average Bonchev–Trinajstić information content (AvgIpc) is 3.21. The van der Waals surface area contributed by atoms with Gasteiger partial charge in [0.1, 0.15) is 11.5 Å². The van der Waals surface area contributed by atoms with Gasteiger partial charge in [0.25, 0.3) is 5.91 Å². The largest absolute Gasteiger partial charge is 0.351 e. The number of carbonyl (C=O) groups is 1. The molecule has 0 aliphatic heterocycles. The molecule has 5 nitrogen and oxygen atoms in total. The number of aromatic amines is 2. The molecule has 0 spiro atoms. The van der Waals surface area contributed by atoms with Crippen molar-refractivity contribution in [3.63, 3.8) is 0 Å². The van der Waals surface area contributed by atoms with Crippen molar-refractivity contribution in [1.82, 2.24) is 20.3 Å². The van der Waals surface area contributed by atoms with Crippen molar-refractivity contribution in [3.8, 4) is 0 Å². The molecule has 4 rings (SSSR count). The second-order valence-corrected chi connectivity index (χ2v) is 6.41. The van der Waals surface area contributed by atoms with Crippen LogP contribution in [-0.2, 0) is 6.42 Å². The van der Waals surface area contributed by atoms with Crippen LogP contribution in [0.15, 0.2) is 48.5 Å². The molecule has 0 saturated heterocycles. The lowest BCUT2D eigenvalue weighted by atomic mass is 10.2. The Bertz CT molecular complexity index is 1020. The Morgan fingerprint density at radius 1 is 1.08 bits per heavy atom. The highest BCUT2D eigenvalue weighted by atomic mass is 35.5. The number of aromatic nitrogens is 3. The highest BCUT2D eigenvalue weighted by molar-refractivity contribution is 6.31. The quantitative estimate of drug-likeness (QED) is 0.474. The second-order valence-electron chi connectivity index (χ2n) is 5.97. The minimum Gasteiger partial charge on any atom is -0.351 e. The lowest BCUT2D eigenvalue weighted by Crippen LogP contribution is -2.25. The fourth-order valence-corrected chi connectivity index (χ4v) is 3.08. The Balaban J connectivity index is 1.33. The van der Waals surface area contributed by atoms with Gasteiger partial charge < -0.3 is 15.3 Å². The SMILES string of the molecule is O=C(NCCCc1nc2ccccc2[nH]1)c1cc2cc(Cl)ccc2[nH]1. The van der Waals surface area contributed by atoms with Gasteiger partial charge in [0, 0.05) is 28.9 Å². The van der Waals surface area contributed by atoms with Crippen molar-refractivity contribution in [2.75, 3.05) is 6.54 Å². The molecule has 6 heteroatoms. The smallest absolute Gasteiger partial charge is 0.267 e. The summed E-state index contributed by atoms with van der Waals surface area (Å²) in [7, 11) is 0. The Hall–Kier alpha value is -2.79. The number of nitrogens with one attached hydrogen (secondary N) is 3. The van der Waals surface area contributed by atoms with Crippen molar-refractivity contribution < 1.29 is 4.79 Å². The molecule has 2 aromatic heterocycles. The topological polar surface area (TPSA) is 73.6 Å². The maximum absolute atomic E-state index is 12.3. The molecule has 0 bridgehead atoms. The van der Waals surface area contributed by atoms with Crippen LogP contribution in [0.1, 0.15) is 22.7 Å². The number of hydrogen-bond acceptors (Lipinski definition) is 2. The Morgan fingerprint density at radius 2 is 1.96 bits per heavy atom. The second kappa shape index (κ2) is 6.61. The third kappa shape index (κ3) is 3.37. The molecule has 0 fully saturated rings. The minimum absolute atomic E-state index is 0.114. The van der Waals surface area contributed by atoms with Gasteiger partial charge in [0.15, 0.2) is 0 Å². The minimum atomic E-state index is -0.114. The van der Waals surface area contributed by atoms with Crippen LogP contribution in [0.4, 0.5) is 0 Å². The number of benzene rings is 2. The van der Waals surface area contributed by atoms with Crippen molar-refractivity contribution in [1.29, 1.82) is 0 Å². The molecular formula is C19H17ClN4O. The van der Waals surface area contributed by atoms with E-state index in [0.29, 0.717) is 17.3 Å². The monoisotopic (exact) mass is 352 g/mol. The molecule has 0 saturated carbocycles. The maximum atomic E-state index is 12.3. The number of amides is 1. The van der Waals surface area contributed by atoms with Crippen molar-refractivity contribution in [2.24, 2.45) is 0 Å². The molecule has 3 N–H and O–H groups in total. The number of aryl methyl sites for hydroxylation is 1. The van der Waals surface area contributed by atoms with Gasteiger partial charge in [-0.2, -0.15) is 0 Å². The maximum Gasteiger partial charge on any atom is 0.267 e. The predicted octanol–water partition coefficient (Wildman–Crippen LogP) is 4.06. The van der Waals surface area contributed by atoms with Crippen LogP contribution in [-0.4, -0.2) is 27.4 Å². The van der Waals surface area contributed by atoms with E-state index in [9.17, 15) is 4.79 Å². The number of halogens is 1. The molecule has 0 aliphatic carbocycles. The first-order valence-electron chi connectivity index (χ1n) is 8.19. The zero-order chi connectivity index (χ0) is 17.2. The lowest BCUT2D eigenvalue weighted by molar-refractivity contribution is 0.0949. The first-order valence-corrected chi connectivity index (χ1v) is 8.57. The summed E-state index contributed by atoms with van der Waals surface area (Å²) in [5.74, 6) is 0.827. The van der Waals surface area contributed by atoms with Gasteiger partial charge in [0.2, 0.25) is 0 Å². The molecular weight excluding hydrogens is 336 g/mol. The highest BCUT2D eigenvalue weighted by Crippen LogP contribution is 2.20. The summed E-state index contributed by atoms with van der Waals surface area (Å²) in [4.78, 5) is 23.2. The molecule has 1 amide bonds. The standard InChI is InChI=1S/C19H17ClN4O/c20-13-7-8-14-12(10-13)11-17(22-14)19(25)21-9-3-6-18-23-15-4-1-2-5-16(15)24-18/h1-2,4-5,7-8,10-11,22H,3,6,9H2,(H,21,25)(H,23,24). The Labute approximate surface area is 149 Å². The van der Waals surface area contributed by atoms with E-state index in [4.69, 9.17) is 11.6 Å². The zero-order valence-electron chi connectivity index (χ0n) is 13.5. The van der Waals surface area contributed by atoms with Crippen LogP contribution >= 0.6 is 11.6 Å². The van der Waals surface area contributed by atoms with Crippen LogP contribution < -0.4 is 5.32 Å².